The van der Waals surface area contributed by atoms with Crippen molar-refractivity contribution in [2.45, 2.75) is 141 Å². The summed E-state index contributed by atoms with van der Waals surface area (Å²) in [6, 6.07) is 8.96. The molecule has 2 rings (SSSR count). The van der Waals surface area contributed by atoms with Gasteiger partial charge in [-0.1, -0.05) is 126 Å². The van der Waals surface area contributed by atoms with Crippen LogP contribution in [0.15, 0.2) is 42.5 Å². The zero-order chi connectivity index (χ0) is 36.3. The molecule has 0 bridgehead atoms. The molecule has 3 N–H and O–H groups in total. The number of phosphoric acid groups is 1. The van der Waals surface area contributed by atoms with Crippen molar-refractivity contribution in [1.29, 1.82) is 0 Å². The molecule has 1 aromatic rings. The zero-order valence-electron chi connectivity index (χ0n) is 30.9. The molecular formula is C37H64BN2O8PS. The maximum Gasteiger partial charge on any atom is 0.508 e. The highest BCUT2D eigenvalue weighted by molar-refractivity contribution is 7.80. The molecule has 0 spiro atoms. The summed E-state index contributed by atoms with van der Waals surface area (Å²) in [7, 11) is -1.33. The Kier molecular flexibility index (Phi) is 24.5. The highest BCUT2D eigenvalue weighted by atomic mass is 32.1. The van der Waals surface area contributed by atoms with Crippen molar-refractivity contribution in [3.8, 4) is 0 Å². The fourth-order valence-electron chi connectivity index (χ4n) is 6.08. The number of hydrogen-bond donors (Lipinski definition) is 3. The van der Waals surface area contributed by atoms with Crippen LogP contribution in [0.5, 0.6) is 0 Å². The number of thiocarbonyl (C=S) groups is 1. The second kappa shape index (κ2) is 27.7. The molecule has 0 radical (unpaired) electrons. The highest BCUT2D eigenvalue weighted by Gasteiger charge is 2.46. The van der Waals surface area contributed by atoms with Crippen LogP contribution in [0.25, 0.3) is 0 Å². The second-order valence-corrected chi connectivity index (χ2v) is 15.1. The summed E-state index contributed by atoms with van der Waals surface area (Å²) in [5.41, 5.74) is 0.830. The lowest BCUT2D eigenvalue weighted by molar-refractivity contribution is -0.0303. The maximum absolute atomic E-state index is 12.3. The summed E-state index contributed by atoms with van der Waals surface area (Å²) >= 11 is 5.43. The smallest absolute Gasteiger partial charge is 0.431 e. The average Bonchev–Trinajstić information content (AvgIpc) is 3.40. The van der Waals surface area contributed by atoms with Crippen LogP contribution in [-0.4, -0.2) is 69.0 Å². The standard InChI is InChI=1S/C37H64BN2O8PS/c1-3-4-5-6-7-8-9-10-11-12-13-16-22-27-39-36(50)40-28-23-17-14-15-21-26-32-34(48-49(42,43)44-2)33(47-35(32)38)30-46-37(41)45-29-31-24-19-18-20-25-31/h15,18-21,24-25,32-35H,3-14,16-17,22-23,26-30,38H2,1-2H3,(H,42,43)(H2,39,40,50)/b21-15+/t32?,33-,34-,35-/m1/s1. The molecule has 1 heterocycles. The minimum absolute atomic E-state index is 0.0730. The number of carbonyl (C=O) groups is 1. The van der Waals surface area contributed by atoms with Gasteiger partial charge in [0.25, 0.3) is 0 Å². The number of benzene rings is 1. The van der Waals surface area contributed by atoms with E-state index < -0.39 is 26.2 Å². The first kappa shape index (κ1) is 44.2. The van der Waals surface area contributed by atoms with Crippen LogP contribution in [0.2, 0.25) is 0 Å². The molecule has 1 saturated heterocycles. The van der Waals surface area contributed by atoms with Crippen molar-refractivity contribution in [3.63, 3.8) is 0 Å². The quantitative estimate of drug-likeness (QED) is 0.0193. The molecule has 2 unspecified atom stereocenters. The summed E-state index contributed by atoms with van der Waals surface area (Å²) in [6.07, 6.45) is 22.7. The van der Waals surface area contributed by atoms with Crippen LogP contribution in [-0.2, 0) is 34.4 Å². The average molecular weight is 739 g/mol. The van der Waals surface area contributed by atoms with E-state index in [1.807, 2.05) is 44.3 Å². The SMILES string of the molecule is B[C@@H]1O[C@H](COC(=O)OCc2ccccc2)[C@H](OP(=O)(O)OC)C1C/C=C/CCCCNC(=S)NCCCCCCCCCCCCCCC. The maximum atomic E-state index is 12.3. The molecule has 1 aromatic carbocycles. The summed E-state index contributed by atoms with van der Waals surface area (Å²) in [5.74, 6) is -0.240. The van der Waals surface area contributed by atoms with Crippen LogP contribution in [0, 0.1) is 5.92 Å². The van der Waals surface area contributed by atoms with Crippen LogP contribution in [0.3, 0.4) is 0 Å². The number of unbranched alkanes of at least 4 members (excludes halogenated alkanes) is 14. The van der Waals surface area contributed by atoms with Gasteiger partial charge in [0.15, 0.2) is 5.11 Å². The topological polar surface area (TPSA) is 125 Å². The molecule has 50 heavy (non-hydrogen) atoms. The van der Waals surface area contributed by atoms with Gasteiger partial charge in [-0.3, -0.25) is 9.05 Å². The van der Waals surface area contributed by atoms with Gasteiger partial charge in [-0.2, -0.15) is 0 Å². The number of rotatable bonds is 28. The van der Waals surface area contributed by atoms with E-state index in [0.717, 1.165) is 56.6 Å². The second-order valence-electron chi connectivity index (χ2n) is 13.2. The molecule has 0 aromatic heterocycles. The van der Waals surface area contributed by atoms with Crippen LogP contribution in [0.1, 0.15) is 122 Å². The lowest BCUT2D eigenvalue weighted by Crippen LogP contribution is -2.36. The Morgan fingerprint density at radius 3 is 2.08 bits per heavy atom. The van der Waals surface area contributed by atoms with E-state index >= 15 is 0 Å². The summed E-state index contributed by atoms with van der Waals surface area (Å²) in [4.78, 5) is 22.2. The molecular weight excluding hydrogens is 674 g/mol. The van der Waals surface area contributed by atoms with Crippen molar-refractivity contribution in [3.05, 3.63) is 48.0 Å². The Hall–Kier alpha value is -1.95. The highest BCUT2D eigenvalue weighted by Crippen LogP contribution is 2.48. The van der Waals surface area contributed by atoms with Gasteiger partial charge in [0.1, 0.15) is 33.3 Å². The molecule has 284 valence electrons. The van der Waals surface area contributed by atoms with Crippen molar-refractivity contribution >= 4 is 39.2 Å². The Bertz CT molecular complexity index is 1120. The van der Waals surface area contributed by atoms with E-state index in [1.54, 1.807) is 0 Å². The first-order chi connectivity index (χ1) is 24.3. The minimum Gasteiger partial charge on any atom is -0.431 e. The summed E-state index contributed by atoms with van der Waals surface area (Å²) < 4.78 is 38.9. The molecule has 10 nitrogen and oxygen atoms in total. The monoisotopic (exact) mass is 738 g/mol. The normalized spacial score (nSPS) is 20.1. The van der Waals surface area contributed by atoms with E-state index in [9.17, 15) is 14.3 Å². The Morgan fingerprint density at radius 1 is 0.900 bits per heavy atom. The van der Waals surface area contributed by atoms with E-state index in [1.165, 1.54) is 77.0 Å². The first-order valence-electron chi connectivity index (χ1n) is 19.0. The van der Waals surface area contributed by atoms with Crippen LogP contribution < -0.4 is 10.6 Å². The Morgan fingerprint density at radius 2 is 1.48 bits per heavy atom. The third-order valence-electron chi connectivity index (χ3n) is 9.06. The lowest BCUT2D eigenvalue weighted by atomic mass is 9.82. The molecule has 1 aliphatic heterocycles. The number of nitrogens with one attached hydrogen (secondary N) is 2. The third kappa shape index (κ3) is 20.8. The van der Waals surface area contributed by atoms with Gasteiger partial charge in [0.2, 0.25) is 0 Å². The van der Waals surface area contributed by atoms with E-state index in [0.29, 0.717) is 6.42 Å². The lowest BCUT2D eigenvalue weighted by Gasteiger charge is -2.24. The van der Waals surface area contributed by atoms with Crippen molar-refractivity contribution in [2.75, 3.05) is 26.8 Å². The molecule has 0 saturated carbocycles. The molecule has 13 heteroatoms. The van der Waals surface area contributed by atoms with Crippen LogP contribution in [0.4, 0.5) is 4.79 Å². The van der Waals surface area contributed by atoms with Gasteiger partial charge < -0.3 is 29.7 Å². The number of hydrogen-bond acceptors (Lipinski definition) is 8. The summed E-state index contributed by atoms with van der Waals surface area (Å²) in [6.45, 7) is 3.90. The van der Waals surface area contributed by atoms with Crippen LogP contribution >= 0.6 is 20.0 Å². The predicted molar refractivity (Wildman–Crippen MR) is 207 cm³/mol. The predicted octanol–water partition coefficient (Wildman–Crippen LogP) is 8.12. The number of phosphoric ester groups is 1. The van der Waals surface area contributed by atoms with E-state index in [-0.39, 0.29) is 25.1 Å². The van der Waals surface area contributed by atoms with Crippen molar-refractivity contribution in [2.24, 2.45) is 5.92 Å². The van der Waals surface area contributed by atoms with Gasteiger partial charge in [-0.05, 0) is 49.9 Å². The van der Waals surface area contributed by atoms with Gasteiger partial charge in [0.05, 0.1) is 0 Å². The Labute approximate surface area is 308 Å². The molecule has 0 aliphatic carbocycles. The fourth-order valence-corrected chi connectivity index (χ4v) is 6.97. The largest absolute Gasteiger partial charge is 0.508 e. The Balaban J connectivity index is 1.55. The molecule has 1 aliphatic rings. The van der Waals surface area contributed by atoms with Gasteiger partial charge in [-0.15, -0.1) is 0 Å². The van der Waals surface area contributed by atoms with E-state index in [4.69, 9.17) is 31.0 Å². The third-order valence-corrected chi connectivity index (χ3v) is 10.3. The zero-order valence-corrected chi connectivity index (χ0v) is 32.6. The molecule has 0 amide bonds. The van der Waals surface area contributed by atoms with E-state index in [2.05, 4.69) is 28.2 Å². The van der Waals surface area contributed by atoms with Crippen molar-refractivity contribution in [1.82, 2.24) is 10.6 Å². The number of ether oxygens (including phenoxy) is 3. The van der Waals surface area contributed by atoms with Crippen molar-refractivity contribution < 1.29 is 37.5 Å². The van der Waals surface area contributed by atoms with Gasteiger partial charge in [-0.25, -0.2) is 9.36 Å². The first-order valence-corrected chi connectivity index (χ1v) is 20.9. The van der Waals surface area contributed by atoms with Gasteiger partial charge in [0, 0.05) is 32.1 Å². The molecule has 1 fully saturated rings. The number of carbonyl (C=O) groups excluding carboxylic acids is 1. The number of allylic oxidation sites excluding steroid dienone is 2. The minimum atomic E-state index is -4.31. The molecule has 5 atom stereocenters. The van der Waals surface area contributed by atoms with Gasteiger partial charge >= 0.3 is 14.0 Å². The summed E-state index contributed by atoms with van der Waals surface area (Å²) in [5, 5.41) is 7.35. The fraction of sp³-hybridized carbons (Fsp3) is 0.730.